The largest absolute Gasteiger partial charge is 0.417 e. The van der Waals surface area contributed by atoms with Gasteiger partial charge in [-0.1, -0.05) is 24.3 Å². The first kappa shape index (κ1) is 13.3. The number of fused-ring (bicyclic) bond motifs is 1. The van der Waals surface area contributed by atoms with Crippen molar-refractivity contribution < 1.29 is 4.42 Å². The molecule has 102 valence electrons. The van der Waals surface area contributed by atoms with Gasteiger partial charge in [-0.15, -0.1) is 23.4 Å². The van der Waals surface area contributed by atoms with E-state index in [2.05, 4.69) is 4.98 Å². The minimum absolute atomic E-state index is 0.275. The Balaban J connectivity index is 2.07. The van der Waals surface area contributed by atoms with Crippen molar-refractivity contribution in [3.8, 4) is 0 Å². The molecule has 0 bridgehead atoms. The number of benzene rings is 2. The maximum atomic E-state index is 11.2. The molecule has 0 aliphatic rings. The lowest BCUT2D eigenvalue weighted by molar-refractivity contribution is 0.555. The Kier molecular flexibility index (Phi) is 3.59. The van der Waals surface area contributed by atoms with Crippen molar-refractivity contribution in [2.45, 2.75) is 10.3 Å². The molecule has 1 unspecified atom stereocenters. The molecule has 1 atom stereocenters. The fourth-order valence-corrected chi connectivity index (χ4v) is 3.20. The van der Waals surface area contributed by atoms with Gasteiger partial charge >= 0.3 is 5.76 Å². The second-order valence-electron chi connectivity index (χ2n) is 4.37. The predicted molar refractivity (Wildman–Crippen MR) is 82.8 cm³/mol. The summed E-state index contributed by atoms with van der Waals surface area (Å²) in [5.74, 6) is -0.451. The van der Waals surface area contributed by atoms with Gasteiger partial charge in [0, 0.05) is 4.90 Å². The van der Waals surface area contributed by atoms with Gasteiger partial charge in [-0.3, -0.25) is 4.98 Å². The first-order valence-corrected chi connectivity index (χ1v) is 7.75. The van der Waals surface area contributed by atoms with E-state index in [1.165, 1.54) is 0 Å². The third kappa shape index (κ3) is 2.37. The molecule has 1 heterocycles. The summed E-state index contributed by atoms with van der Waals surface area (Å²) in [5, 5.41) is -0.275. The number of aromatic nitrogens is 1. The highest BCUT2D eigenvalue weighted by molar-refractivity contribution is 7.98. The monoisotopic (exact) mass is 305 g/mol. The lowest BCUT2D eigenvalue weighted by Crippen LogP contribution is -1.95. The first-order chi connectivity index (χ1) is 9.69. The van der Waals surface area contributed by atoms with E-state index < -0.39 is 5.76 Å². The van der Waals surface area contributed by atoms with Crippen LogP contribution in [-0.2, 0) is 0 Å². The van der Waals surface area contributed by atoms with Crippen molar-refractivity contribution in [3.63, 3.8) is 0 Å². The minimum atomic E-state index is -0.451. The van der Waals surface area contributed by atoms with E-state index in [1.807, 2.05) is 48.7 Å². The van der Waals surface area contributed by atoms with Crippen molar-refractivity contribution in [2.75, 3.05) is 6.26 Å². The van der Waals surface area contributed by atoms with Crippen LogP contribution in [0.3, 0.4) is 0 Å². The molecule has 1 aromatic heterocycles. The number of H-pyrrole nitrogens is 1. The molecule has 20 heavy (non-hydrogen) atoms. The Morgan fingerprint density at radius 1 is 1.25 bits per heavy atom. The van der Waals surface area contributed by atoms with Crippen LogP contribution >= 0.6 is 23.4 Å². The highest BCUT2D eigenvalue weighted by Gasteiger charge is 2.15. The van der Waals surface area contributed by atoms with Crippen LogP contribution in [0.5, 0.6) is 0 Å². The average Bonchev–Trinajstić information content (AvgIpc) is 2.85. The Labute approximate surface area is 125 Å². The molecule has 0 saturated heterocycles. The lowest BCUT2D eigenvalue weighted by atomic mass is 10.0. The van der Waals surface area contributed by atoms with Gasteiger partial charge in [-0.05, 0) is 35.6 Å². The molecule has 0 saturated carbocycles. The van der Waals surface area contributed by atoms with Gasteiger partial charge in [-0.25, -0.2) is 4.79 Å². The van der Waals surface area contributed by atoms with E-state index in [0.29, 0.717) is 11.1 Å². The van der Waals surface area contributed by atoms with Gasteiger partial charge < -0.3 is 4.42 Å². The van der Waals surface area contributed by atoms with Gasteiger partial charge in [0.05, 0.1) is 10.9 Å². The molecule has 0 aliphatic carbocycles. The van der Waals surface area contributed by atoms with Crippen molar-refractivity contribution in [1.82, 2.24) is 4.98 Å². The fourth-order valence-electron chi connectivity index (χ4n) is 2.17. The molecule has 5 heteroatoms. The van der Waals surface area contributed by atoms with Gasteiger partial charge in [0.2, 0.25) is 0 Å². The molecule has 0 radical (unpaired) electrons. The molecule has 3 rings (SSSR count). The second-order valence-corrected chi connectivity index (χ2v) is 5.66. The Morgan fingerprint density at radius 2 is 2.05 bits per heavy atom. The van der Waals surface area contributed by atoms with Gasteiger partial charge in [0.15, 0.2) is 5.58 Å². The first-order valence-electron chi connectivity index (χ1n) is 6.09. The van der Waals surface area contributed by atoms with Gasteiger partial charge in [0.1, 0.15) is 0 Å². The standard InChI is InChI=1S/C15H12ClNO2S/c1-20-13-5-3-2-4-10(13)14(16)9-6-7-11-12(8-9)19-15(18)17-11/h2-8,14H,1H3,(H,17,18). The van der Waals surface area contributed by atoms with Crippen molar-refractivity contribution in [1.29, 1.82) is 0 Å². The lowest BCUT2D eigenvalue weighted by Gasteiger charge is -2.13. The highest BCUT2D eigenvalue weighted by Crippen LogP contribution is 2.35. The molecular formula is C15H12ClNO2S. The number of nitrogens with one attached hydrogen (secondary N) is 1. The normalized spacial score (nSPS) is 12.7. The third-order valence-corrected chi connectivity index (χ3v) is 4.45. The zero-order valence-corrected chi connectivity index (χ0v) is 12.3. The van der Waals surface area contributed by atoms with Crippen LogP contribution in [0, 0.1) is 0 Å². The van der Waals surface area contributed by atoms with Crippen LogP contribution in [0.1, 0.15) is 16.5 Å². The molecule has 3 aromatic rings. The van der Waals surface area contributed by atoms with Gasteiger partial charge in [-0.2, -0.15) is 0 Å². The summed E-state index contributed by atoms with van der Waals surface area (Å²) in [6, 6.07) is 13.6. The third-order valence-electron chi connectivity index (χ3n) is 3.15. The van der Waals surface area contributed by atoms with E-state index >= 15 is 0 Å². The van der Waals surface area contributed by atoms with E-state index in [4.69, 9.17) is 16.0 Å². The number of hydrogen-bond donors (Lipinski definition) is 1. The van der Waals surface area contributed by atoms with E-state index in [0.717, 1.165) is 16.0 Å². The number of alkyl halides is 1. The molecule has 0 aliphatic heterocycles. The van der Waals surface area contributed by atoms with Crippen LogP contribution in [0.15, 0.2) is 56.6 Å². The summed E-state index contributed by atoms with van der Waals surface area (Å²) in [6.45, 7) is 0. The minimum Gasteiger partial charge on any atom is -0.408 e. The Bertz CT molecular complexity index is 809. The molecular weight excluding hydrogens is 294 g/mol. The van der Waals surface area contributed by atoms with Crippen LogP contribution in [0.2, 0.25) is 0 Å². The number of hydrogen-bond acceptors (Lipinski definition) is 3. The topological polar surface area (TPSA) is 46.0 Å². The van der Waals surface area contributed by atoms with Crippen LogP contribution in [-0.4, -0.2) is 11.2 Å². The second kappa shape index (κ2) is 5.38. The van der Waals surface area contributed by atoms with Crippen LogP contribution < -0.4 is 5.76 Å². The van der Waals surface area contributed by atoms with Crippen molar-refractivity contribution in [2.24, 2.45) is 0 Å². The summed E-state index contributed by atoms with van der Waals surface area (Å²) in [7, 11) is 0. The number of rotatable bonds is 3. The molecule has 1 N–H and O–H groups in total. The number of oxazole rings is 1. The van der Waals surface area contributed by atoms with E-state index in [1.54, 1.807) is 11.8 Å². The van der Waals surface area contributed by atoms with E-state index in [-0.39, 0.29) is 5.38 Å². The molecule has 0 amide bonds. The summed E-state index contributed by atoms with van der Waals surface area (Å²) in [4.78, 5) is 14.9. The van der Waals surface area contributed by atoms with Crippen LogP contribution in [0.4, 0.5) is 0 Å². The molecule has 2 aromatic carbocycles. The predicted octanol–water partition coefficient (Wildman–Crippen LogP) is 4.17. The summed E-state index contributed by atoms with van der Waals surface area (Å²) in [5.41, 5.74) is 3.17. The van der Waals surface area contributed by atoms with Crippen molar-refractivity contribution in [3.05, 3.63) is 64.1 Å². The van der Waals surface area contributed by atoms with Crippen LogP contribution in [0.25, 0.3) is 11.1 Å². The zero-order chi connectivity index (χ0) is 14.1. The maximum absolute atomic E-state index is 11.2. The van der Waals surface area contributed by atoms with Gasteiger partial charge in [0.25, 0.3) is 0 Å². The summed E-state index contributed by atoms with van der Waals surface area (Å²) < 4.78 is 5.08. The zero-order valence-electron chi connectivity index (χ0n) is 10.7. The smallest absolute Gasteiger partial charge is 0.408 e. The summed E-state index contributed by atoms with van der Waals surface area (Å²) >= 11 is 8.24. The highest BCUT2D eigenvalue weighted by atomic mass is 35.5. The van der Waals surface area contributed by atoms with E-state index in [9.17, 15) is 4.79 Å². The van der Waals surface area contributed by atoms with Crippen molar-refractivity contribution >= 4 is 34.5 Å². The maximum Gasteiger partial charge on any atom is 0.417 e. The average molecular weight is 306 g/mol. The molecule has 3 nitrogen and oxygen atoms in total. The quantitative estimate of drug-likeness (QED) is 0.583. The number of aromatic amines is 1. The Hall–Kier alpha value is -1.65. The summed E-state index contributed by atoms with van der Waals surface area (Å²) in [6.07, 6.45) is 2.02. The molecule has 0 fully saturated rings. The number of halogens is 1. The fraction of sp³-hybridized carbons (Fsp3) is 0.133. The SMILES string of the molecule is CSc1ccccc1C(Cl)c1ccc2[nH]c(=O)oc2c1. The number of thioether (sulfide) groups is 1. The molecule has 0 spiro atoms. The Morgan fingerprint density at radius 3 is 2.85 bits per heavy atom.